The van der Waals surface area contributed by atoms with Crippen LogP contribution in [0.2, 0.25) is 5.02 Å². The van der Waals surface area contributed by atoms with Crippen molar-refractivity contribution in [3.63, 3.8) is 0 Å². The van der Waals surface area contributed by atoms with E-state index in [1.807, 2.05) is 44.2 Å². The van der Waals surface area contributed by atoms with Crippen molar-refractivity contribution in [2.75, 3.05) is 33.2 Å². The molecule has 4 aliphatic heterocycles. The normalized spacial score (nSPS) is 31.5. The third-order valence-corrected chi connectivity index (χ3v) is 10.4. The number of nitrogens with zero attached hydrogens (tertiary/aromatic N) is 2. The van der Waals surface area contributed by atoms with Gasteiger partial charge in [-0.1, -0.05) is 42.3 Å². The molecule has 2 saturated heterocycles. The number of thiol groups is 1. The minimum atomic E-state index is -1.15. The highest BCUT2D eigenvalue weighted by molar-refractivity contribution is 7.80. The number of benzene rings is 1. The second kappa shape index (κ2) is 16.0. The molecular weight excluding hydrogens is 686 g/mol. The highest BCUT2D eigenvalue weighted by atomic mass is 35.5. The third-order valence-electron chi connectivity index (χ3n) is 9.82. The smallest absolute Gasteiger partial charge is 0.407 e. The lowest BCUT2D eigenvalue weighted by atomic mass is 9.72. The molecule has 0 saturated carbocycles. The Morgan fingerprint density at radius 1 is 1.20 bits per heavy atom. The SMILES string of the molecule is COc1cc2cc(c1Cl)N(C)C(=O)C[C@H](OC(=O)[C@H](C)N(C)C(=O)CC(C)S)[C@@]1(C)C[C@@](C)(O1)[C@@H]1C[C@@H](NC(=O)O1)[C@H](OC)/C=C/C=C(\C)C2. The van der Waals surface area contributed by atoms with Crippen molar-refractivity contribution >= 4 is 53.8 Å². The zero-order valence-electron chi connectivity index (χ0n) is 30.3. The number of ether oxygens (including phenoxy) is 5. The number of rotatable bonds is 7. The number of hydrogen-bond acceptors (Lipinski definition) is 10. The van der Waals surface area contributed by atoms with Crippen LogP contribution in [0.4, 0.5) is 10.5 Å². The van der Waals surface area contributed by atoms with Crippen LogP contribution in [-0.2, 0) is 39.8 Å². The molecular formula is C36H50ClN3O9S. The van der Waals surface area contributed by atoms with Gasteiger partial charge in [0.1, 0.15) is 40.2 Å². The summed E-state index contributed by atoms with van der Waals surface area (Å²) in [6.45, 7) is 8.93. The minimum absolute atomic E-state index is 0.136. The van der Waals surface area contributed by atoms with Crippen molar-refractivity contribution in [2.24, 2.45) is 0 Å². The summed E-state index contributed by atoms with van der Waals surface area (Å²) in [6.07, 6.45) is 4.01. The number of esters is 1. The number of anilines is 1. The van der Waals surface area contributed by atoms with Gasteiger partial charge in [-0.15, -0.1) is 0 Å². The van der Waals surface area contributed by atoms with E-state index in [-0.39, 0.29) is 29.0 Å². The van der Waals surface area contributed by atoms with Crippen LogP contribution in [0.5, 0.6) is 5.75 Å². The number of amides is 3. The van der Waals surface area contributed by atoms with Gasteiger partial charge >= 0.3 is 12.1 Å². The lowest BCUT2D eigenvalue weighted by Crippen LogP contribution is -2.70. The van der Waals surface area contributed by atoms with Gasteiger partial charge in [0, 0.05) is 45.7 Å². The lowest BCUT2D eigenvalue weighted by molar-refractivity contribution is -0.322. The summed E-state index contributed by atoms with van der Waals surface area (Å²) in [5.41, 5.74) is 0.179. The molecule has 4 aliphatic rings. The Kier molecular flexibility index (Phi) is 12.6. The Bertz CT molecular complexity index is 1530. The molecule has 2 fully saturated rings. The molecule has 12 nitrogen and oxygen atoms in total. The molecule has 5 rings (SSSR count). The Labute approximate surface area is 305 Å². The zero-order valence-corrected chi connectivity index (χ0v) is 31.9. The number of likely N-dealkylation sites (N-methyl/N-ethyl adjacent to an activating group) is 1. The lowest BCUT2D eigenvalue weighted by Gasteiger charge is -2.58. The Balaban J connectivity index is 1.75. The minimum Gasteiger partial charge on any atom is -0.495 e. The quantitative estimate of drug-likeness (QED) is 0.292. The number of fused-ring (bicyclic) bond motifs is 6. The van der Waals surface area contributed by atoms with Crippen LogP contribution in [0.15, 0.2) is 35.9 Å². The largest absolute Gasteiger partial charge is 0.495 e. The van der Waals surface area contributed by atoms with Crippen molar-refractivity contribution in [3.8, 4) is 5.75 Å². The van der Waals surface area contributed by atoms with Crippen molar-refractivity contribution < 1.29 is 42.9 Å². The molecule has 0 spiro atoms. The van der Waals surface area contributed by atoms with Crippen LogP contribution >= 0.6 is 24.2 Å². The van der Waals surface area contributed by atoms with Crippen LogP contribution in [-0.4, -0.2) is 104 Å². The maximum Gasteiger partial charge on any atom is 0.407 e. The summed E-state index contributed by atoms with van der Waals surface area (Å²) in [5, 5.41) is 2.92. The molecule has 1 unspecified atom stereocenters. The molecule has 1 aromatic rings. The first-order valence-corrected chi connectivity index (χ1v) is 17.6. The molecule has 276 valence electrons. The van der Waals surface area contributed by atoms with Gasteiger partial charge < -0.3 is 38.8 Å². The van der Waals surface area contributed by atoms with Crippen molar-refractivity contribution in [3.05, 3.63) is 46.5 Å². The molecule has 1 aromatic carbocycles. The fraction of sp³-hybridized carbons (Fsp3) is 0.611. The highest BCUT2D eigenvalue weighted by Crippen LogP contribution is 2.50. The predicted octanol–water partition coefficient (Wildman–Crippen LogP) is 5.05. The molecule has 14 heteroatoms. The maximum atomic E-state index is 14.1. The summed E-state index contributed by atoms with van der Waals surface area (Å²) < 4.78 is 29.7. The number of methoxy groups -OCH3 is 2. The molecule has 8 atom stereocenters. The first-order valence-electron chi connectivity index (χ1n) is 16.7. The number of halogens is 1. The maximum absolute atomic E-state index is 14.1. The molecule has 0 aromatic heterocycles. The second-order valence-corrected chi connectivity index (χ2v) is 15.3. The monoisotopic (exact) mass is 735 g/mol. The molecule has 6 bridgehead atoms. The molecule has 0 aliphatic carbocycles. The summed E-state index contributed by atoms with van der Waals surface area (Å²) in [6, 6.07) is 2.29. The standard InChI is InChI=1S/C36H50ClN3O9S/c1-20-11-10-12-26(45-8)24-17-28(48-34(44)38-24)35(4)19-36(5,49-35)29(47-33(43)22(3)39(6)30(41)14-21(2)50)18-31(42)40(7)25-15-23(13-20)16-27(46-9)32(25)37/h10-12,15-16,21-22,24,26,28-29,50H,13-14,17-19H2,1-9H3,(H,38,44)/b12-10+,20-11+/t21?,22-,24+,26+,28-,29-,35+,36+/m0/s1. The van der Waals surface area contributed by atoms with E-state index in [4.69, 9.17) is 35.3 Å². The number of carbonyl (C=O) groups is 4. The molecule has 4 heterocycles. The topological polar surface area (TPSA) is 133 Å². The van der Waals surface area contributed by atoms with E-state index in [2.05, 4.69) is 17.9 Å². The first-order chi connectivity index (χ1) is 23.4. The van der Waals surface area contributed by atoms with E-state index >= 15 is 0 Å². The van der Waals surface area contributed by atoms with Gasteiger partial charge in [0.2, 0.25) is 11.8 Å². The Morgan fingerprint density at radius 3 is 2.50 bits per heavy atom. The first kappa shape index (κ1) is 39.5. The molecule has 50 heavy (non-hydrogen) atoms. The molecule has 3 amide bonds. The highest BCUT2D eigenvalue weighted by Gasteiger charge is 2.61. The van der Waals surface area contributed by atoms with Crippen molar-refractivity contribution in [2.45, 2.75) is 114 Å². The van der Waals surface area contributed by atoms with Gasteiger partial charge in [0.05, 0.1) is 31.4 Å². The van der Waals surface area contributed by atoms with E-state index < -0.39 is 59.6 Å². The summed E-state index contributed by atoms with van der Waals surface area (Å²) in [5.74, 6) is -0.961. The van der Waals surface area contributed by atoms with E-state index in [0.717, 1.165) is 11.1 Å². The van der Waals surface area contributed by atoms with Gasteiger partial charge in [-0.2, -0.15) is 12.6 Å². The fourth-order valence-electron chi connectivity index (χ4n) is 6.86. The zero-order chi connectivity index (χ0) is 37.1. The van der Waals surface area contributed by atoms with E-state index in [9.17, 15) is 19.2 Å². The van der Waals surface area contributed by atoms with E-state index in [1.165, 1.54) is 24.0 Å². The van der Waals surface area contributed by atoms with Gasteiger partial charge in [-0.3, -0.25) is 9.59 Å². The van der Waals surface area contributed by atoms with Gasteiger partial charge in [-0.05, 0) is 51.8 Å². The van der Waals surface area contributed by atoms with E-state index in [1.54, 1.807) is 34.9 Å². The summed E-state index contributed by atoms with van der Waals surface area (Å²) >= 11 is 11.1. The average molecular weight is 736 g/mol. The number of carbonyl (C=O) groups excluding carboxylic acids is 4. The predicted molar refractivity (Wildman–Crippen MR) is 193 cm³/mol. The Hall–Kier alpha value is -3.26. The number of allylic oxidation sites excluding steroid dienone is 3. The number of nitrogens with one attached hydrogen (secondary N) is 1. The van der Waals surface area contributed by atoms with Crippen LogP contribution in [0, 0.1) is 0 Å². The van der Waals surface area contributed by atoms with Crippen LogP contribution in [0.25, 0.3) is 0 Å². The second-order valence-electron chi connectivity index (χ2n) is 14.0. The average Bonchev–Trinajstić information content (AvgIpc) is 3.04. The van der Waals surface area contributed by atoms with Crippen LogP contribution < -0.4 is 15.0 Å². The summed E-state index contributed by atoms with van der Waals surface area (Å²) in [7, 11) is 6.21. The van der Waals surface area contributed by atoms with Gasteiger partial charge in [0.25, 0.3) is 0 Å². The van der Waals surface area contributed by atoms with Crippen molar-refractivity contribution in [1.29, 1.82) is 0 Å². The fourth-order valence-corrected chi connectivity index (χ4v) is 7.33. The van der Waals surface area contributed by atoms with Gasteiger partial charge in [-0.25, -0.2) is 9.59 Å². The molecule has 1 N–H and O–H groups in total. The van der Waals surface area contributed by atoms with Crippen molar-refractivity contribution in [1.82, 2.24) is 10.2 Å². The van der Waals surface area contributed by atoms with E-state index in [0.29, 0.717) is 30.7 Å². The molecule has 0 radical (unpaired) electrons. The Morgan fingerprint density at radius 2 is 1.88 bits per heavy atom. The number of alkyl carbamates (subject to hydrolysis) is 1. The van der Waals surface area contributed by atoms with Gasteiger partial charge in [0.15, 0.2) is 0 Å². The third kappa shape index (κ3) is 8.78. The van der Waals surface area contributed by atoms with Crippen LogP contribution in [0.3, 0.4) is 0 Å². The summed E-state index contributed by atoms with van der Waals surface area (Å²) in [4.78, 5) is 56.0. The number of hydrogen-bond donors (Lipinski definition) is 2. The van der Waals surface area contributed by atoms with Crippen LogP contribution in [0.1, 0.15) is 65.9 Å².